The van der Waals surface area contributed by atoms with Gasteiger partial charge in [0.05, 0.1) is 6.04 Å². The van der Waals surface area contributed by atoms with E-state index in [4.69, 9.17) is 10.2 Å². The van der Waals surface area contributed by atoms with Crippen molar-refractivity contribution in [1.82, 2.24) is 0 Å². The highest BCUT2D eigenvalue weighted by Crippen LogP contribution is 2.27. The molecule has 0 saturated carbocycles. The van der Waals surface area contributed by atoms with Gasteiger partial charge < -0.3 is 10.2 Å². The Kier molecular flexibility index (Phi) is 3.33. The predicted octanol–water partition coefficient (Wildman–Crippen LogP) is 4.60. The summed E-state index contributed by atoms with van der Waals surface area (Å²) in [5.74, 6) is 1.34. The third-order valence-electron chi connectivity index (χ3n) is 3.71. The molecule has 0 amide bonds. The van der Waals surface area contributed by atoms with Crippen LogP contribution in [0.5, 0.6) is 0 Å². The van der Waals surface area contributed by atoms with Gasteiger partial charge in [0.15, 0.2) is 0 Å². The fourth-order valence-electron chi connectivity index (χ4n) is 2.41. The summed E-state index contributed by atoms with van der Waals surface area (Å²) in [5.41, 5.74) is 9.60. The molecule has 3 aromatic rings. The molecule has 1 aromatic heterocycles. The van der Waals surface area contributed by atoms with Gasteiger partial charge in [0.1, 0.15) is 11.3 Å². The molecular formula is C18H19NO. The van der Waals surface area contributed by atoms with E-state index < -0.39 is 0 Å². The summed E-state index contributed by atoms with van der Waals surface area (Å²) in [7, 11) is 0. The minimum Gasteiger partial charge on any atom is -0.459 e. The van der Waals surface area contributed by atoms with Crippen molar-refractivity contribution in [3.63, 3.8) is 0 Å². The Hall–Kier alpha value is -2.06. The van der Waals surface area contributed by atoms with Gasteiger partial charge in [-0.1, -0.05) is 56.3 Å². The summed E-state index contributed by atoms with van der Waals surface area (Å²) in [4.78, 5) is 0. The molecule has 2 heteroatoms. The van der Waals surface area contributed by atoms with E-state index in [0.717, 1.165) is 22.3 Å². The smallest absolute Gasteiger partial charge is 0.134 e. The Bertz CT molecular complexity index is 677. The van der Waals surface area contributed by atoms with E-state index >= 15 is 0 Å². The molecule has 1 unspecified atom stereocenters. The van der Waals surface area contributed by atoms with Gasteiger partial charge in [-0.25, -0.2) is 0 Å². The Labute approximate surface area is 119 Å². The molecule has 0 saturated heterocycles. The highest BCUT2D eigenvalue weighted by atomic mass is 16.3. The van der Waals surface area contributed by atoms with Crippen LogP contribution in [-0.4, -0.2) is 0 Å². The summed E-state index contributed by atoms with van der Waals surface area (Å²) >= 11 is 0. The second-order valence-corrected chi connectivity index (χ2v) is 5.49. The topological polar surface area (TPSA) is 39.2 Å². The quantitative estimate of drug-likeness (QED) is 0.751. The standard InChI is InChI=1S/C18H19NO/c1-12(2)13-7-9-14(10-8-13)18(19)17-11-15-5-3-4-6-16(15)20-17/h3-12,18H,19H2,1-2H3. The predicted molar refractivity (Wildman–Crippen MR) is 82.8 cm³/mol. The molecule has 2 N–H and O–H groups in total. The van der Waals surface area contributed by atoms with Crippen molar-refractivity contribution in [3.8, 4) is 0 Å². The Morgan fingerprint density at radius 3 is 2.20 bits per heavy atom. The average Bonchev–Trinajstić information content (AvgIpc) is 2.90. The molecule has 1 heterocycles. The van der Waals surface area contributed by atoms with Crippen molar-refractivity contribution in [3.05, 3.63) is 71.5 Å². The number of benzene rings is 2. The zero-order chi connectivity index (χ0) is 14.1. The monoisotopic (exact) mass is 265 g/mol. The molecule has 2 aromatic carbocycles. The van der Waals surface area contributed by atoms with Gasteiger partial charge in [-0.15, -0.1) is 0 Å². The molecular weight excluding hydrogens is 246 g/mol. The van der Waals surface area contributed by atoms with Gasteiger partial charge in [0.2, 0.25) is 0 Å². The molecule has 2 nitrogen and oxygen atoms in total. The van der Waals surface area contributed by atoms with E-state index in [1.54, 1.807) is 0 Å². The molecule has 0 fully saturated rings. The van der Waals surface area contributed by atoms with Crippen LogP contribution in [0.15, 0.2) is 59.0 Å². The van der Waals surface area contributed by atoms with Crippen LogP contribution in [0.3, 0.4) is 0 Å². The van der Waals surface area contributed by atoms with Crippen LogP contribution >= 0.6 is 0 Å². The number of nitrogens with two attached hydrogens (primary N) is 1. The lowest BCUT2D eigenvalue weighted by Crippen LogP contribution is -2.10. The van der Waals surface area contributed by atoms with E-state index in [9.17, 15) is 0 Å². The Balaban J connectivity index is 1.93. The van der Waals surface area contributed by atoms with Gasteiger partial charge in [0.25, 0.3) is 0 Å². The summed E-state index contributed by atoms with van der Waals surface area (Å²) in [5, 5.41) is 1.09. The van der Waals surface area contributed by atoms with Gasteiger partial charge >= 0.3 is 0 Å². The number of para-hydroxylation sites is 1. The second kappa shape index (κ2) is 5.14. The third-order valence-corrected chi connectivity index (χ3v) is 3.71. The summed E-state index contributed by atoms with van der Waals surface area (Å²) in [6.07, 6.45) is 0. The van der Waals surface area contributed by atoms with Crippen molar-refractivity contribution in [1.29, 1.82) is 0 Å². The highest BCUT2D eigenvalue weighted by Gasteiger charge is 2.14. The van der Waals surface area contributed by atoms with E-state index in [1.807, 2.05) is 30.3 Å². The number of fused-ring (bicyclic) bond motifs is 1. The normalized spacial score (nSPS) is 13.0. The highest BCUT2D eigenvalue weighted by molar-refractivity contribution is 5.77. The maximum atomic E-state index is 6.31. The minimum atomic E-state index is -0.219. The molecule has 102 valence electrons. The molecule has 0 aliphatic heterocycles. The molecule has 0 spiro atoms. The molecule has 0 aliphatic carbocycles. The van der Waals surface area contributed by atoms with Crippen LogP contribution in [0.4, 0.5) is 0 Å². The van der Waals surface area contributed by atoms with Crippen molar-refractivity contribution < 1.29 is 4.42 Å². The lowest BCUT2D eigenvalue weighted by molar-refractivity contribution is 0.525. The van der Waals surface area contributed by atoms with Crippen molar-refractivity contribution in [2.24, 2.45) is 5.73 Å². The largest absolute Gasteiger partial charge is 0.459 e. The minimum absolute atomic E-state index is 0.219. The summed E-state index contributed by atoms with van der Waals surface area (Å²) < 4.78 is 5.84. The van der Waals surface area contributed by atoms with Crippen molar-refractivity contribution >= 4 is 11.0 Å². The maximum Gasteiger partial charge on any atom is 0.134 e. The van der Waals surface area contributed by atoms with Gasteiger partial charge in [-0.3, -0.25) is 0 Å². The first-order chi connectivity index (χ1) is 9.65. The first kappa shape index (κ1) is 12.9. The average molecular weight is 265 g/mol. The lowest BCUT2D eigenvalue weighted by Gasteiger charge is -2.11. The number of hydrogen-bond donors (Lipinski definition) is 1. The molecule has 20 heavy (non-hydrogen) atoms. The zero-order valence-electron chi connectivity index (χ0n) is 11.8. The van der Waals surface area contributed by atoms with Crippen LogP contribution in [0.1, 0.15) is 42.7 Å². The van der Waals surface area contributed by atoms with E-state index in [1.165, 1.54) is 5.56 Å². The van der Waals surface area contributed by atoms with Crippen LogP contribution in [0, 0.1) is 0 Å². The summed E-state index contributed by atoms with van der Waals surface area (Å²) in [6, 6.07) is 18.2. The second-order valence-electron chi connectivity index (χ2n) is 5.49. The van der Waals surface area contributed by atoms with E-state index in [0.29, 0.717) is 5.92 Å². The SMILES string of the molecule is CC(C)c1ccc(C(N)c2cc3ccccc3o2)cc1. The number of hydrogen-bond acceptors (Lipinski definition) is 2. The molecule has 0 radical (unpaired) electrons. The number of rotatable bonds is 3. The lowest BCUT2D eigenvalue weighted by atomic mass is 9.98. The van der Waals surface area contributed by atoms with Crippen molar-refractivity contribution in [2.75, 3.05) is 0 Å². The molecule has 1 atom stereocenters. The molecule has 0 bridgehead atoms. The van der Waals surface area contributed by atoms with Crippen LogP contribution < -0.4 is 5.73 Å². The third kappa shape index (κ3) is 2.35. The molecule has 0 aliphatic rings. The van der Waals surface area contributed by atoms with Crippen LogP contribution in [0.2, 0.25) is 0 Å². The fraction of sp³-hybridized carbons (Fsp3) is 0.222. The maximum absolute atomic E-state index is 6.31. The van der Waals surface area contributed by atoms with Crippen LogP contribution in [-0.2, 0) is 0 Å². The first-order valence-corrected chi connectivity index (χ1v) is 6.99. The van der Waals surface area contributed by atoms with Gasteiger partial charge in [-0.05, 0) is 29.2 Å². The summed E-state index contributed by atoms with van der Waals surface area (Å²) in [6.45, 7) is 4.38. The Morgan fingerprint density at radius 1 is 0.900 bits per heavy atom. The van der Waals surface area contributed by atoms with Gasteiger partial charge in [-0.2, -0.15) is 0 Å². The Morgan fingerprint density at radius 2 is 1.55 bits per heavy atom. The number of furan rings is 1. The fourth-order valence-corrected chi connectivity index (χ4v) is 2.41. The van der Waals surface area contributed by atoms with Gasteiger partial charge in [0, 0.05) is 5.39 Å². The molecule has 3 rings (SSSR count). The first-order valence-electron chi connectivity index (χ1n) is 6.99. The van der Waals surface area contributed by atoms with E-state index in [-0.39, 0.29) is 6.04 Å². The van der Waals surface area contributed by atoms with Crippen molar-refractivity contribution in [2.45, 2.75) is 25.8 Å². The zero-order valence-corrected chi connectivity index (χ0v) is 11.8. The van der Waals surface area contributed by atoms with Crippen LogP contribution in [0.25, 0.3) is 11.0 Å². The van der Waals surface area contributed by atoms with E-state index in [2.05, 4.69) is 38.1 Å².